The van der Waals surface area contributed by atoms with Gasteiger partial charge < -0.3 is 9.47 Å². The highest BCUT2D eigenvalue weighted by Crippen LogP contribution is 2.16. The summed E-state index contributed by atoms with van der Waals surface area (Å²) < 4.78 is 11.0. The van der Waals surface area contributed by atoms with Crippen molar-refractivity contribution >= 4 is 18.0 Å². The third-order valence-corrected chi connectivity index (χ3v) is 4.85. The van der Waals surface area contributed by atoms with Gasteiger partial charge in [-0.2, -0.15) is 0 Å². The second-order valence-corrected chi connectivity index (χ2v) is 7.13. The number of amides is 2. The Balaban J connectivity index is 1.70. The normalized spacial score (nSPS) is 14.7. The molecular weight excluding hydrogens is 384 g/mol. The average Bonchev–Trinajstić information content (AvgIpc) is 2.78. The Hall–Kier alpha value is -3.35. The van der Waals surface area contributed by atoms with Crippen LogP contribution in [-0.2, 0) is 32.1 Å². The summed E-state index contributed by atoms with van der Waals surface area (Å²) in [6.07, 6.45) is -0.0631. The van der Waals surface area contributed by atoms with Crippen LogP contribution in [0.2, 0.25) is 0 Å². The first-order chi connectivity index (χ1) is 14.5. The van der Waals surface area contributed by atoms with Crippen molar-refractivity contribution in [3.8, 4) is 0 Å². The van der Waals surface area contributed by atoms with Gasteiger partial charge in [-0.05, 0) is 24.0 Å². The predicted octanol–water partition coefficient (Wildman–Crippen LogP) is 3.34. The number of carbonyl (C=O) groups is 3. The van der Waals surface area contributed by atoms with Crippen LogP contribution in [0.15, 0.2) is 60.7 Å². The van der Waals surface area contributed by atoms with Crippen molar-refractivity contribution in [3.63, 3.8) is 0 Å². The summed E-state index contributed by atoms with van der Waals surface area (Å²) in [6, 6.07) is 18.6. The largest absolute Gasteiger partial charge is 0.458 e. The van der Waals surface area contributed by atoms with Gasteiger partial charge in [0.2, 0.25) is 12.0 Å². The molecule has 2 aromatic carbocycles. The summed E-state index contributed by atoms with van der Waals surface area (Å²) in [4.78, 5) is 37.4. The van der Waals surface area contributed by atoms with Crippen molar-refractivity contribution in [3.05, 3.63) is 71.8 Å². The van der Waals surface area contributed by atoms with Crippen LogP contribution in [0.5, 0.6) is 0 Å². The maximum Gasteiger partial charge on any atom is 0.429 e. The van der Waals surface area contributed by atoms with Crippen LogP contribution in [0.1, 0.15) is 30.9 Å². The van der Waals surface area contributed by atoms with E-state index in [9.17, 15) is 14.4 Å². The molecule has 3 rings (SSSR count). The number of esters is 1. The maximum absolute atomic E-state index is 12.8. The molecule has 158 valence electrons. The van der Waals surface area contributed by atoms with Crippen molar-refractivity contribution < 1.29 is 23.9 Å². The summed E-state index contributed by atoms with van der Waals surface area (Å²) in [5.74, 6) is -0.861. The van der Waals surface area contributed by atoms with Crippen LogP contribution in [0, 0.1) is 0 Å². The van der Waals surface area contributed by atoms with Crippen molar-refractivity contribution in [2.45, 2.75) is 38.9 Å². The molecule has 2 amide bonds. The number of hydrogen-bond acceptors (Lipinski definition) is 5. The molecule has 0 saturated carbocycles. The fraction of sp³-hybridized carbons (Fsp3) is 0.348. The fourth-order valence-electron chi connectivity index (χ4n) is 3.29. The summed E-state index contributed by atoms with van der Waals surface area (Å²) in [7, 11) is 0. The van der Waals surface area contributed by atoms with Crippen molar-refractivity contribution in [2.24, 2.45) is 0 Å². The number of hydrogen-bond donors (Lipinski definition) is 0. The molecule has 1 unspecified atom stereocenters. The van der Waals surface area contributed by atoms with Crippen LogP contribution in [-0.4, -0.2) is 47.2 Å². The highest BCUT2D eigenvalue weighted by molar-refractivity contribution is 5.81. The SMILES string of the molecule is CC(=O)N1CCCCN1C(=O)OC(Cc1ccccc1)C(=O)OCc1ccccc1. The number of hydrazine groups is 1. The number of benzene rings is 2. The van der Waals surface area contributed by atoms with Crippen molar-refractivity contribution in [2.75, 3.05) is 13.1 Å². The Kier molecular flexibility index (Phi) is 7.43. The molecule has 1 saturated heterocycles. The van der Waals surface area contributed by atoms with Crippen molar-refractivity contribution in [1.29, 1.82) is 0 Å². The first-order valence-corrected chi connectivity index (χ1v) is 10.1. The first kappa shape index (κ1) is 21.4. The van der Waals surface area contributed by atoms with Gasteiger partial charge in [0.25, 0.3) is 0 Å². The van der Waals surface area contributed by atoms with Gasteiger partial charge in [-0.3, -0.25) is 4.79 Å². The van der Waals surface area contributed by atoms with Crippen LogP contribution in [0.4, 0.5) is 4.79 Å². The minimum absolute atomic E-state index is 0.0891. The highest BCUT2D eigenvalue weighted by Gasteiger charge is 2.32. The monoisotopic (exact) mass is 410 g/mol. The third kappa shape index (κ3) is 5.83. The third-order valence-electron chi connectivity index (χ3n) is 4.85. The fourth-order valence-corrected chi connectivity index (χ4v) is 3.29. The lowest BCUT2D eigenvalue weighted by Gasteiger charge is -2.37. The molecule has 1 heterocycles. The van der Waals surface area contributed by atoms with Crippen molar-refractivity contribution in [1.82, 2.24) is 10.0 Å². The van der Waals surface area contributed by atoms with Crippen LogP contribution in [0.3, 0.4) is 0 Å². The zero-order valence-corrected chi connectivity index (χ0v) is 17.0. The smallest absolute Gasteiger partial charge is 0.429 e. The molecule has 1 fully saturated rings. The summed E-state index contributed by atoms with van der Waals surface area (Å²) in [6.45, 7) is 2.31. The van der Waals surface area contributed by atoms with Gasteiger partial charge in [-0.15, -0.1) is 0 Å². The van der Waals surface area contributed by atoms with E-state index >= 15 is 0 Å². The molecule has 0 aromatic heterocycles. The minimum atomic E-state index is -1.11. The summed E-state index contributed by atoms with van der Waals surface area (Å²) in [5.41, 5.74) is 1.68. The maximum atomic E-state index is 12.8. The molecule has 2 aromatic rings. The number of rotatable bonds is 6. The Morgan fingerprint density at radius 3 is 2.03 bits per heavy atom. The summed E-state index contributed by atoms with van der Waals surface area (Å²) in [5, 5.41) is 2.63. The number of nitrogens with zero attached hydrogens (tertiary/aromatic N) is 2. The molecule has 0 radical (unpaired) electrons. The van der Waals surface area contributed by atoms with Gasteiger partial charge >= 0.3 is 12.1 Å². The van der Waals surface area contributed by atoms with Crippen LogP contribution < -0.4 is 0 Å². The van der Waals surface area contributed by atoms with E-state index in [-0.39, 0.29) is 18.9 Å². The lowest BCUT2D eigenvalue weighted by Crippen LogP contribution is -2.53. The van der Waals surface area contributed by atoms with E-state index in [1.54, 1.807) is 0 Å². The van der Waals surface area contributed by atoms with Gasteiger partial charge in [0, 0.05) is 26.4 Å². The summed E-state index contributed by atoms with van der Waals surface area (Å²) >= 11 is 0. The van der Waals surface area contributed by atoms with E-state index in [0.717, 1.165) is 24.0 Å². The lowest BCUT2D eigenvalue weighted by atomic mass is 10.1. The topological polar surface area (TPSA) is 76.2 Å². The highest BCUT2D eigenvalue weighted by atomic mass is 16.6. The predicted molar refractivity (Wildman–Crippen MR) is 110 cm³/mol. The Morgan fingerprint density at radius 1 is 0.867 bits per heavy atom. The lowest BCUT2D eigenvalue weighted by molar-refractivity contribution is -0.159. The van der Waals surface area contributed by atoms with E-state index in [1.807, 2.05) is 60.7 Å². The Labute approximate surface area is 176 Å². The molecule has 30 heavy (non-hydrogen) atoms. The zero-order valence-electron chi connectivity index (χ0n) is 17.0. The average molecular weight is 410 g/mol. The molecule has 0 bridgehead atoms. The molecule has 7 heteroatoms. The standard InChI is InChI=1S/C23H26N2O5/c1-18(26)24-14-8-9-15-25(24)23(28)30-21(16-19-10-4-2-5-11-19)22(27)29-17-20-12-6-3-7-13-20/h2-7,10-13,21H,8-9,14-17H2,1H3. The van der Waals surface area contributed by atoms with Crippen LogP contribution >= 0.6 is 0 Å². The van der Waals surface area contributed by atoms with E-state index < -0.39 is 18.2 Å². The van der Waals surface area contributed by atoms with Gasteiger partial charge in [0.15, 0.2) is 0 Å². The molecule has 1 atom stereocenters. The number of ether oxygens (including phenoxy) is 2. The van der Waals surface area contributed by atoms with E-state index in [2.05, 4.69) is 0 Å². The van der Waals surface area contributed by atoms with E-state index in [1.165, 1.54) is 16.9 Å². The van der Waals surface area contributed by atoms with E-state index in [4.69, 9.17) is 9.47 Å². The molecule has 0 spiro atoms. The quantitative estimate of drug-likeness (QED) is 0.683. The second kappa shape index (κ2) is 10.4. The van der Waals surface area contributed by atoms with E-state index in [0.29, 0.717) is 13.1 Å². The minimum Gasteiger partial charge on any atom is -0.458 e. The second-order valence-electron chi connectivity index (χ2n) is 7.13. The Morgan fingerprint density at radius 2 is 1.43 bits per heavy atom. The van der Waals surface area contributed by atoms with Gasteiger partial charge in [-0.25, -0.2) is 19.6 Å². The molecule has 1 aliphatic rings. The number of carbonyl (C=O) groups excluding carboxylic acids is 3. The molecule has 0 aliphatic carbocycles. The first-order valence-electron chi connectivity index (χ1n) is 10.1. The Bertz CT molecular complexity index is 856. The molecule has 0 N–H and O–H groups in total. The molecular formula is C23H26N2O5. The van der Waals surface area contributed by atoms with Crippen LogP contribution in [0.25, 0.3) is 0 Å². The van der Waals surface area contributed by atoms with Gasteiger partial charge in [-0.1, -0.05) is 60.7 Å². The molecule has 1 aliphatic heterocycles. The van der Waals surface area contributed by atoms with Gasteiger partial charge in [0.1, 0.15) is 6.61 Å². The zero-order chi connectivity index (χ0) is 21.3. The van der Waals surface area contributed by atoms with Gasteiger partial charge in [0.05, 0.1) is 0 Å². The molecule has 7 nitrogen and oxygen atoms in total.